The average molecular weight is 501 g/mol. The molecule has 0 fully saturated rings. The maximum atomic E-state index is 13.7. The lowest BCUT2D eigenvalue weighted by Gasteiger charge is -2.16. The molecule has 0 amide bonds. The number of rotatable bonds is 9. The van der Waals surface area contributed by atoms with Gasteiger partial charge < -0.3 is 20.1 Å². The zero-order valence-corrected chi connectivity index (χ0v) is 19.0. The highest BCUT2D eigenvalue weighted by Crippen LogP contribution is 2.20. The number of nitrogens with zero attached hydrogens (tertiary/aromatic N) is 1. The van der Waals surface area contributed by atoms with Crippen molar-refractivity contribution in [1.82, 2.24) is 10.6 Å². The molecule has 0 unspecified atom stereocenters. The Labute approximate surface area is 183 Å². The smallest absolute Gasteiger partial charge is 0.191 e. The Bertz CT molecular complexity index is 756. The first-order chi connectivity index (χ1) is 13.1. The fourth-order valence-electron chi connectivity index (χ4n) is 2.52. The van der Waals surface area contributed by atoms with Gasteiger partial charge in [0.1, 0.15) is 18.2 Å². The van der Waals surface area contributed by atoms with Crippen molar-refractivity contribution >= 4 is 29.9 Å². The van der Waals surface area contributed by atoms with Gasteiger partial charge in [-0.05, 0) is 31.5 Å². The van der Waals surface area contributed by atoms with Gasteiger partial charge >= 0.3 is 0 Å². The molecule has 0 atom stereocenters. The number of aryl methyl sites for hydroxylation is 1. The highest BCUT2D eigenvalue weighted by molar-refractivity contribution is 14.0. The van der Waals surface area contributed by atoms with E-state index in [-0.39, 0.29) is 29.8 Å². The molecule has 0 saturated carbocycles. The van der Waals surface area contributed by atoms with Gasteiger partial charge in [-0.2, -0.15) is 0 Å². The van der Waals surface area contributed by atoms with Gasteiger partial charge in [-0.25, -0.2) is 4.39 Å². The summed E-state index contributed by atoms with van der Waals surface area (Å²) in [4.78, 5) is 4.19. The Morgan fingerprint density at radius 1 is 1.04 bits per heavy atom. The quantitative estimate of drug-likeness (QED) is 0.236. The van der Waals surface area contributed by atoms with Gasteiger partial charge in [-0.1, -0.05) is 30.3 Å². The lowest BCUT2D eigenvalue weighted by atomic mass is 10.1. The van der Waals surface area contributed by atoms with E-state index in [1.807, 2.05) is 38.1 Å². The number of halogens is 2. The minimum absolute atomic E-state index is 0. The highest BCUT2D eigenvalue weighted by Gasteiger charge is 2.07. The van der Waals surface area contributed by atoms with Gasteiger partial charge in [0, 0.05) is 37.9 Å². The molecule has 28 heavy (non-hydrogen) atoms. The first-order valence-electron chi connectivity index (χ1n) is 9.12. The van der Waals surface area contributed by atoms with Crippen molar-refractivity contribution in [3.63, 3.8) is 0 Å². The predicted molar refractivity (Wildman–Crippen MR) is 122 cm³/mol. The third-order valence-electron chi connectivity index (χ3n) is 3.99. The number of hydrogen-bond acceptors (Lipinski definition) is 3. The molecule has 0 aliphatic heterocycles. The monoisotopic (exact) mass is 501 g/mol. The Morgan fingerprint density at radius 3 is 2.43 bits per heavy atom. The minimum atomic E-state index is -0.232. The first kappa shape index (κ1) is 24.2. The van der Waals surface area contributed by atoms with Crippen LogP contribution in [0.2, 0.25) is 0 Å². The fourth-order valence-corrected chi connectivity index (χ4v) is 2.52. The van der Waals surface area contributed by atoms with Crippen molar-refractivity contribution in [1.29, 1.82) is 0 Å². The molecule has 2 rings (SSSR count). The maximum Gasteiger partial charge on any atom is 0.191 e. The van der Waals surface area contributed by atoms with Gasteiger partial charge in [0.15, 0.2) is 5.96 Å². The molecule has 2 N–H and O–H groups in total. The zero-order valence-electron chi connectivity index (χ0n) is 16.6. The van der Waals surface area contributed by atoms with Crippen molar-refractivity contribution in [3.8, 4) is 5.75 Å². The second-order valence-electron chi connectivity index (χ2n) is 6.03. The number of hydrogen-bond donors (Lipinski definition) is 2. The van der Waals surface area contributed by atoms with Crippen LogP contribution in [0.5, 0.6) is 5.75 Å². The molecule has 7 heteroatoms. The van der Waals surface area contributed by atoms with E-state index in [1.165, 1.54) is 6.07 Å². The first-order valence-corrected chi connectivity index (χ1v) is 9.12. The molecule has 2 aromatic rings. The van der Waals surface area contributed by atoms with Crippen LogP contribution in [-0.2, 0) is 17.8 Å². The zero-order chi connectivity index (χ0) is 19.5. The highest BCUT2D eigenvalue weighted by atomic mass is 127. The molecular formula is C21H29FIN3O2. The molecule has 5 nitrogen and oxygen atoms in total. The van der Waals surface area contributed by atoms with Crippen LogP contribution < -0.4 is 15.4 Å². The normalized spacial score (nSPS) is 10.9. The Balaban J connectivity index is 0.00000392. The summed E-state index contributed by atoms with van der Waals surface area (Å²) in [6, 6.07) is 12.8. The summed E-state index contributed by atoms with van der Waals surface area (Å²) in [5.41, 5.74) is 2.74. The molecule has 0 saturated heterocycles. The number of nitrogens with one attached hydrogen (secondary N) is 2. The number of guanidine groups is 1. The van der Waals surface area contributed by atoms with Crippen LogP contribution in [0, 0.1) is 12.7 Å². The molecule has 0 bridgehead atoms. The third kappa shape index (κ3) is 8.02. The SMILES string of the molecule is CCOCCOc1cc(C)ccc1CNC(=NC)NCc1ccccc1F.I. The Hall–Kier alpha value is -1.87. The van der Waals surface area contributed by atoms with Crippen LogP contribution in [0.15, 0.2) is 47.5 Å². The van der Waals surface area contributed by atoms with Crippen molar-refractivity contribution in [2.75, 3.05) is 26.9 Å². The van der Waals surface area contributed by atoms with Crippen molar-refractivity contribution < 1.29 is 13.9 Å². The van der Waals surface area contributed by atoms with E-state index in [0.717, 1.165) is 16.9 Å². The second-order valence-corrected chi connectivity index (χ2v) is 6.03. The number of ether oxygens (including phenoxy) is 2. The van der Waals surface area contributed by atoms with Crippen LogP contribution in [0.25, 0.3) is 0 Å². The summed E-state index contributed by atoms with van der Waals surface area (Å²) in [6.07, 6.45) is 0. The summed E-state index contributed by atoms with van der Waals surface area (Å²) in [7, 11) is 1.69. The lowest BCUT2D eigenvalue weighted by Crippen LogP contribution is -2.36. The van der Waals surface area contributed by atoms with Gasteiger partial charge in [-0.3, -0.25) is 4.99 Å². The van der Waals surface area contributed by atoms with Crippen molar-refractivity contribution in [2.24, 2.45) is 4.99 Å². The van der Waals surface area contributed by atoms with Gasteiger partial charge in [-0.15, -0.1) is 24.0 Å². The summed E-state index contributed by atoms with van der Waals surface area (Å²) in [5, 5.41) is 6.37. The van der Waals surface area contributed by atoms with E-state index < -0.39 is 0 Å². The lowest BCUT2D eigenvalue weighted by molar-refractivity contribution is 0.110. The summed E-state index contributed by atoms with van der Waals surface area (Å²) < 4.78 is 24.9. The van der Waals surface area contributed by atoms with Gasteiger partial charge in [0.05, 0.1) is 6.61 Å². The molecule has 0 aliphatic carbocycles. The predicted octanol–water partition coefficient (Wildman–Crippen LogP) is 4.03. The molecule has 0 aromatic heterocycles. The van der Waals surface area contributed by atoms with E-state index in [4.69, 9.17) is 9.47 Å². The molecular weight excluding hydrogens is 472 g/mol. The molecule has 0 spiro atoms. The van der Waals surface area contributed by atoms with Crippen LogP contribution in [0.4, 0.5) is 4.39 Å². The van der Waals surface area contributed by atoms with E-state index >= 15 is 0 Å². The topological polar surface area (TPSA) is 54.9 Å². The molecule has 0 radical (unpaired) electrons. The van der Waals surface area contributed by atoms with Gasteiger partial charge in [0.2, 0.25) is 0 Å². The minimum Gasteiger partial charge on any atom is -0.491 e. The van der Waals surface area contributed by atoms with E-state index in [1.54, 1.807) is 19.2 Å². The molecule has 0 aliphatic rings. The largest absolute Gasteiger partial charge is 0.491 e. The standard InChI is InChI=1S/C21H28FN3O2.HI/c1-4-26-11-12-27-20-13-16(2)9-10-18(20)15-25-21(23-3)24-14-17-7-5-6-8-19(17)22;/h5-10,13H,4,11-12,14-15H2,1-3H3,(H2,23,24,25);1H. The van der Waals surface area contributed by atoms with Crippen molar-refractivity contribution in [2.45, 2.75) is 26.9 Å². The van der Waals surface area contributed by atoms with E-state index in [0.29, 0.717) is 44.4 Å². The number of benzene rings is 2. The molecule has 2 aromatic carbocycles. The maximum absolute atomic E-state index is 13.7. The Kier molecular flexibility index (Phi) is 11.5. The average Bonchev–Trinajstić information content (AvgIpc) is 2.68. The molecule has 0 heterocycles. The van der Waals surface area contributed by atoms with Crippen LogP contribution in [0.1, 0.15) is 23.6 Å². The van der Waals surface area contributed by atoms with Crippen LogP contribution in [0.3, 0.4) is 0 Å². The molecule has 154 valence electrons. The summed E-state index contributed by atoms with van der Waals surface area (Å²) >= 11 is 0. The fraction of sp³-hybridized carbons (Fsp3) is 0.381. The number of aliphatic imine (C=N–C) groups is 1. The Morgan fingerprint density at radius 2 is 1.75 bits per heavy atom. The summed E-state index contributed by atoms with van der Waals surface area (Å²) in [6.45, 7) is 6.63. The third-order valence-corrected chi connectivity index (χ3v) is 3.99. The van der Waals surface area contributed by atoms with Crippen LogP contribution >= 0.6 is 24.0 Å². The van der Waals surface area contributed by atoms with Gasteiger partial charge in [0.25, 0.3) is 0 Å². The van der Waals surface area contributed by atoms with Crippen LogP contribution in [-0.4, -0.2) is 32.8 Å². The second kappa shape index (κ2) is 13.3. The van der Waals surface area contributed by atoms with E-state index in [9.17, 15) is 4.39 Å². The van der Waals surface area contributed by atoms with E-state index in [2.05, 4.69) is 15.6 Å². The van der Waals surface area contributed by atoms with Crippen molar-refractivity contribution in [3.05, 3.63) is 65.0 Å². The summed E-state index contributed by atoms with van der Waals surface area (Å²) in [5.74, 6) is 1.19.